The molecule has 1 aliphatic heterocycles. The normalized spacial score (nSPS) is 15.4. The molecule has 2 aromatic carbocycles. The number of carbonyl (C=O) groups excluding carboxylic acids is 2. The standard InChI is InChI=1S/C22H25FN2O2S3/c1-28-13-10-22(29-11-3-12-30-22)21(27)24-15-16-4-2-5-19(14-16)25-20(26)17-6-8-18(23)9-7-17/h2,4-9,14H,3,10-13,15H2,1H3,(H,24,27)(H,25,26). The van der Waals surface area contributed by atoms with Crippen molar-refractivity contribution in [1.82, 2.24) is 5.32 Å². The van der Waals surface area contributed by atoms with Crippen molar-refractivity contribution in [3.63, 3.8) is 0 Å². The Morgan fingerprint density at radius 3 is 2.57 bits per heavy atom. The Morgan fingerprint density at radius 2 is 1.87 bits per heavy atom. The predicted octanol–water partition coefficient (Wildman–Crippen LogP) is 5.01. The summed E-state index contributed by atoms with van der Waals surface area (Å²) in [5.41, 5.74) is 1.93. The first-order chi connectivity index (χ1) is 14.5. The van der Waals surface area contributed by atoms with Crippen molar-refractivity contribution < 1.29 is 14.0 Å². The van der Waals surface area contributed by atoms with E-state index in [0.29, 0.717) is 17.8 Å². The van der Waals surface area contributed by atoms with Crippen molar-refractivity contribution in [2.45, 2.75) is 23.5 Å². The highest BCUT2D eigenvalue weighted by Crippen LogP contribution is 2.45. The zero-order valence-electron chi connectivity index (χ0n) is 16.8. The zero-order valence-corrected chi connectivity index (χ0v) is 19.2. The molecule has 0 spiro atoms. The van der Waals surface area contributed by atoms with E-state index in [-0.39, 0.29) is 17.6 Å². The van der Waals surface area contributed by atoms with Gasteiger partial charge in [-0.05, 0) is 78.3 Å². The van der Waals surface area contributed by atoms with Crippen molar-refractivity contribution in [2.75, 3.05) is 28.8 Å². The van der Waals surface area contributed by atoms with Crippen LogP contribution in [-0.2, 0) is 11.3 Å². The van der Waals surface area contributed by atoms with Gasteiger partial charge in [-0.25, -0.2) is 4.39 Å². The van der Waals surface area contributed by atoms with Gasteiger partial charge >= 0.3 is 0 Å². The third-order valence-electron chi connectivity index (χ3n) is 4.68. The summed E-state index contributed by atoms with van der Waals surface area (Å²) < 4.78 is 12.6. The molecular formula is C22H25FN2O2S3. The Morgan fingerprint density at radius 1 is 1.13 bits per heavy atom. The molecule has 1 aliphatic rings. The molecular weight excluding hydrogens is 439 g/mol. The molecule has 30 heavy (non-hydrogen) atoms. The lowest BCUT2D eigenvalue weighted by Gasteiger charge is -2.34. The third-order valence-corrected chi connectivity index (χ3v) is 8.70. The second kappa shape index (κ2) is 11.1. The average molecular weight is 465 g/mol. The molecule has 160 valence electrons. The van der Waals surface area contributed by atoms with Gasteiger partial charge in [0.15, 0.2) is 0 Å². The number of thioether (sulfide) groups is 3. The monoisotopic (exact) mass is 464 g/mol. The van der Waals surface area contributed by atoms with Gasteiger partial charge in [-0.15, -0.1) is 23.5 Å². The number of carbonyl (C=O) groups is 2. The Balaban J connectivity index is 1.61. The molecule has 1 saturated heterocycles. The van der Waals surface area contributed by atoms with Gasteiger partial charge in [0.1, 0.15) is 9.90 Å². The maximum Gasteiger partial charge on any atom is 0.255 e. The minimum atomic E-state index is -0.407. The summed E-state index contributed by atoms with van der Waals surface area (Å²) in [6.07, 6.45) is 4.05. The second-order valence-electron chi connectivity index (χ2n) is 6.89. The molecule has 1 heterocycles. The summed E-state index contributed by atoms with van der Waals surface area (Å²) in [5.74, 6) is 2.38. The fraction of sp³-hybridized carbons (Fsp3) is 0.364. The highest BCUT2D eigenvalue weighted by molar-refractivity contribution is 8.20. The quantitative estimate of drug-likeness (QED) is 0.575. The molecule has 2 aromatic rings. The third kappa shape index (κ3) is 6.18. The summed E-state index contributed by atoms with van der Waals surface area (Å²) in [7, 11) is 0. The molecule has 0 saturated carbocycles. The van der Waals surface area contributed by atoms with Gasteiger partial charge in [-0.2, -0.15) is 11.8 Å². The number of hydrogen-bond acceptors (Lipinski definition) is 5. The molecule has 2 N–H and O–H groups in total. The van der Waals surface area contributed by atoms with Crippen LogP contribution in [0.2, 0.25) is 0 Å². The summed E-state index contributed by atoms with van der Waals surface area (Å²) in [6, 6.07) is 12.8. The SMILES string of the molecule is CSCCC1(C(=O)NCc2cccc(NC(=O)c3ccc(F)cc3)c2)SCCCS1. The first-order valence-electron chi connectivity index (χ1n) is 9.73. The molecule has 0 unspecified atom stereocenters. The topological polar surface area (TPSA) is 58.2 Å². The van der Waals surface area contributed by atoms with Crippen LogP contribution in [-0.4, -0.2) is 39.4 Å². The molecule has 0 aliphatic carbocycles. The Bertz CT molecular complexity index is 871. The van der Waals surface area contributed by atoms with Crippen molar-refractivity contribution >= 4 is 52.8 Å². The van der Waals surface area contributed by atoms with Crippen LogP contribution in [0.1, 0.15) is 28.8 Å². The van der Waals surface area contributed by atoms with E-state index in [2.05, 4.69) is 16.9 Å². The summed E-state index contributed by atoms with van der Waals surface area (Å²) in [5, 5.41) is 5.91. The average Bonchev–Trinajstić information content (AvgIpc) is 2.77. The Hall–Kier alpha value is -1.64. The van der Waals surface area contributed by atoms with Crippen molar-refractivity contribution in [2.24, 2.45) is 0 Å². The maximum atomic E-state index is 13.0. The van der Waals surface area contributed by atoms with Gasteiger partial charge in [0.05, 0.1) is 0 Å². The van der Waals surface area contributed by atoms with Gasteiger partial charge in [0.25, 0.3) is 5.91 Å². The van der Waals surface area contributed by atoms with Crippen LogP contribution in [0.3, 0.4) is 0 Å². The number of benzene rings is 2. The summed E-state index contributed by atoms with van der Waals surface area (Å²) in [6.45, 7) is 0.404. The van der Waals surface area contributed by atoms with Crippen molar-refractivity contribution in [3.8, 4) is 0 Å². The fourth-order valence-electron chi connectivity index (χ4n) is 3.08. The number of halogens is 1. The Kier molecular flexibility index (Phi) is 8.53. The highest BCUT2D eigenvalue weighted by atomic mass is 32.2. The second-order valence-corrected chi connectivity index (χ2v) is 10.9. The number of anilines is 1. The van der Waals surface area contributed by atoms with Gasteiger partial charge in [0.2, 0.25) is 5.91 Å². The smallest absolute Gasteiger partial charge is 0.255 e. The molecule has 0 aromatic heterocycles. The van der Waals surface area contributed by atoms with E-state index in [1.165, 1.54) is 24.3 Å². The molecule has 0 radical (unpaired) electrons. The van der Waals surface area contributed by atoms with Gasteiger partial charge in [0, 0.05) is 17.8 Å². The van der Waals surface area contributed by atoms with Gasteiger partial charge < -0.3 is 10.6 Å². The minimum absolute atomic E-state index is 0.0759. The number of amides is 2. The van der Waals surface area contributed by atoms with Gasteiger partial charge in [-0.1, -0.05) is 12.1 Å². The first-order valence-corrected chi connectivity index (χ1v) is 13.1. The van der Waals surface area contributed by atoms with E-state index in [1.54, 1.807) is 41.4 Å². The van der Waals surface area contributed by atoms with Crippen LogP contribution in [0, 0.1) is 5.82 Å². The van der Waals surface area contributed by atoms with E-state index in [9.17, 15) is 14.0 Å². The lowest BCUT2D eigenvalue weighted by molar-refractivity contribution is -0.121. The molecule has 0 bridgehead atoms. The van der Waals surface area contributed by atoms with Crippen LogP contribution in [0.25, 0.3) is 0 Å². The highest BCUT2D eigenvalue weighted by Gasteiger charge is 2.40. The van der Waals surface area contributed by atoms with Crippen LogP contribution in [0.4, 0.5) is 10.1 Å². The molecule has 3 rings (SSSR count). The molecule has 0 atom stereocenters. The largest absolute Gasteiger partial charge is 0.350 e. The number of rotatable bonds is 8. The summed E-state index contributed by atoms with van der Waals surface area (Å²) >= 11 is 5.28. The van der Waals surface area contributed by atoms with E-state index in [0.717, 1.165) is 35.7 Å². The maximum absolute atomic E-state index is 13.0. The Labute approximate surface area is 189 Å². The van der Waals surface area contributed by atoms with E-state index >= 15 is 0 Å². The minimum Gasteiger partial charge on any atom is -0.350 e. The molecule has 4 nitrogen and oxygen atoms in total. The van der Waals surface area contributed by atoms with E-state index in [1.807, 2.05) is 18.2 Å². The van der Waals surface area contributed by atoms with E-state index in [4.69, 9.17) is 0 Å². The van der Waals surface area contributed by atoms with Crippen LogP contribution in [0.15, 0.2) is 48.5 Å². The van der Waals surface area contributed by atoms with Crippen molar-refractivity contribution in [3.05, 3.63) is 65.5 Å². The number of nitrogens with one attached hydrogen (secondary N) is 2. The van der Waals surface area contributed by atoms with Crippen molar-refractivity contribution in [1.29, 1.82) is 0 Å². The lowest BCUT2D eigenvalue weighted by atomic mass is 10.1. The molecule has 2 amide bonds. The first kappa shape index (κ1) is 23.0. The molecule has 8 heteroatoms. The lowest BCUT2D eigenvalue weighted by Crippen LogP contribution is -2.44. The van der Waals surface area contributed by atoms with E-state index < -0.39 is 4.08 Å². The predicted molar refractivity (Wildman–Crippen MR) is 128 cm³/mol. The summed E-state index contributed by atoms with van der Waals surface area (Å²) in [4.78, 5) is 25.4. The van der Waals surface area contributed by atoms with Gasteiger partial charge in [-0.3, -0.25) is 9.59 Å². The fourth-order valence-corrected chi connectivity index (χ4v) is 7.00. The number of hydrogen-bond donors (Lipinski definition) is 2. The van der Waals surface area contributed by atoms with Crippen LogP contribution >= 0.6 is 35.3 Å². The zero-order chi connectivity index (χ0) is 21.4. The van der Waals surface area contributed by atoms with Crippen LogP contribution in [0.5, 0.6) is 0 Å². The van der Waals surface area contributed by atoms with Crippen LogP contribution < -0.4 is 10.6 Å². The molecule has 1 fully saturated rings.